The first-order valence-electron chi connectivity index (χ1n) is 46.7. The van der Waals surface area contributed by atoms with Gasteiger partial charge in [-0.1, -0.05) is 249 Å². The average Bonchev–Trinajstić information content (AvgIpc) is 0.731. The molecule has 12 rings (SSSR count). The highest BCUT2D eigenvalue weighted by molar-refractivity contribution is 5.80. The second-order valence-electron chi connectivity index (χ2n) is 36.2. The number of rotatable bonds is 17. The molecular formula is C109H138N4+4. The fourth-order valence-electron chi connectivity index (χ4n) is 15.3. The van der Waals surface area contributed by atoms with E-state index in [1.54, 1.807) is 38.2 Å². The lowest BCUT2D eigenvalue weighted by molar-refractivity contribution is -0.661. The van der Waals surface area contributed by atoms with Crippen LogP contribution in [0.5, 0.6) is 0 Å². The predicted molar refractivity (Wildman–Crippen MR) is 486 cm³/mol. The molecule has 0 aliphatic carbocycles. The molecule has 0 fully saturated rings. The maximum Gasteiger partial charge on any atom is 0.212 e. The minimum Gasteiger partial charge on any atom is -0.201 e. The van der Waals surface area contributed by atoms with E-state index in [2.05, 4.69) is 223 Å². The lowest BCUT2D eigenvalue weighted by Crippen LogP contribution is -2.33. The van der Waals surface area contributed by atoms with Crippen LogP contribution in [0.3, 0.4) is 0 Å². The quantitative estimate of drug-likeness (QED) is 0.0808. The summed E-state index contributed by atoms with van der Waals surface area (Å²) in [6.07, 6.45) is 6.55. The monoisotopic (exact) mass is 1520 g/mol. The van der Waals surface area contributed by atoms with E-state index >= 15 is 0 Å². The van der Waals surface area contributed by atoms with Crippen LogP contribution in [-0.2, 0) is 66.6 Å². The van der Waals surface area contributed by atoms with Gasteiger partial charge in [0.15, 0.2) is 24.8 Å². The van der Waals surface area contributed by atoms with Crippen LogP contribution < -0.4 is 18.3 Å². The summed E-state index contributed by atoms with van der Waals surface area (Å²) in [4.78, 5) is 0. The summed E-state index contributed by atoms with van der Waals surface area (Å²) in [6.45, 7) is 43.7. The standard InChI is InChI=1S/C30H40N.C29H38N.2C25H30N/c1-21-15-22(2)27(17-26(21)23-13-11-10-12-14-23)28-16-24(18-29(3,4)5)25(20-31(28)9)19-30(6,7)8;1-20(2)14-24-16-28(30(8)19-25(24)18-29(5,6)7)27-17-26(21(3)15-22(27)4)23-12-10-9-11-13-23;2*1-17(2)12-22-16-26(6)25(14-18(22)3)24-15-23(19(4)13-20(24)5)21-10-8-7-9-11-21/h10-17,20H,18-19H2,1-9H3;9-13,15-17,19-20H,14,18H2,1-8H3;2*7-11,13-17H,12H2,1-6H3/q4*+1/i;3D3,14D2,18D2;4D3,12D2;. The zero-order chi connectivity index (χ0) is 93.1. The molecule has 113 heavy (non-hydrogen) atoms. The molecule has 0 atom stereocenters. The maximum atomic E-state index is 8.96. The zero-order valence-corrected chi connectivity index (χ0v) is 73.4. The SMILES string of the molecule is Cc1cc(-c2cc(-c3ccccc3)c(C)cc2C)[n+](C)cc1CC(C)C.Cc1cc(C)c(-c2cc(CC(C)(C)C)c(CC(C)(C)C)c[n+]2C)cc1-c1ccccc1.[2H]C([2H])([2H])c1cc(C)c(-c2cc(C([2H])([2H])C(C)C)c(C([2H])([2H])C(C)(C)C)c[n+]2C)cc1-c1ccccc1.[2H]C([2H])([2H])c1cc(C)c(-c2cc(C)c(C([2H])([2H])C(C)C)c[n+]2C)cc1-c1ccccc1. The third-order valence-corrected chi connectivity index (χ3v) is 20.6. The summed E-state index contributed by atoms with van der Waals surface area (Å²) in [5, 5.41) is 0. The third kappa shape index (κ3) is 23.5. The van der Waals surface area contributed by atoms with Crippen LogP contribution in [0.4, 0.5) is 0 Å². The molecule has 0 radical (unpaired) electrons. The molecule has 4 heterocycles. The van der Waals surface area contributed by atoms with Crippen LogP contribution in [0.1, 0.15) is 209 Å². The molecule has 0 amide bonds. The van der Waals surface area contributed by atoms with Gasteiger partial charge >= 0.3 is 0 Å². The lowest BCUT2D eigenvalue weighted by atomic mass is 9.81. The fraction of sp³-hybridized carbons (Fsp3) is 0.376. The van der Waals surface area contributed by atoms with Crippen molar-refractivity contribution in [1.29, 1.82) is 0 Å². The summed E-state index contributed by atoms with van der Waals surface area (Å²) in [6, 6.07) is 65.7. The van der Waals surface area contributed by atoms with E-state index < -0.39 is 38.2 Å². The Labute approximate surface area is 702 Å². The van der Waals surface area contributed by atoms with Gasteiger partial charge in [-0.25, -0.2) is 18.3 Å². The van der Waals surface area contributed by atoms with Gasteiger partial charge in [-0.05, 0) is 277 Å². The molecular weight excluding hydrogens is 1370 g/mol. The number of hydrogen-bond acceptors (Lipinski definition) is 0. The molecule has 590 valence electrons. The van der Waals surface area contributed by atoms with Crippen LogP contribution in [0.15, 0.2) is 219 Å². The van der Waals surface area contributed by atoms with E-state index in [1.807, 2.05) is 164 Å². The van der Waals surface area contributed by atoms with Crippen molar-refractivity contribution in [3.63, 3.8) is 0 Å². The van der Waals surface area contributed by atoms with Crippen molar-refractivity contribution in [2.24, 2.45) is 62.2 Å². The minimum atomic E-state index is -2.30. The van der Waals surface area contributed by atoms with Gasteiger partial charge in [0.05, 0.1) is 0 Å². The Kier molecular flexibility index (Phi) is 23.6. The molecule has 0 aliphatic rings. The van der Waals surface area contributed by atoms with Gasteiger partial charge in [-0.15, -0.1) is 0 Å². The zero-order valence-electron chi connectivity index (χ0n) is 85.4. The average molecular weight is 1520 g/mol. The molecule has 0 bridgehead atoms. The highest BCUT2D eigenvalue weighted by Crippen LogP contribution is 2.39. The topological polar surface area (TPSA) is 15.5 Å². The second kappa shape index (κ2) is 37.5. The third-order valence-electron chi connectivity index (χ3n) is 20.6. The van der Waals surface area contributed by atoms with Crippen LogP contribution in [-0.4, -0.2) is 0 Å². The highest BCUT2D eigenvalue weighted by atomic mass is 14.9. The van der Waals surface area contributed by atoms with Crippen molar-refractivity contribution in [3.05, 3.63) is 308 Å². The predicted octanol–water partition coefficient (Wildman–Crippen LogP) is 26.8. The van der Waals surface area contributed by atoms with E-state index in [4.69, 9.17) is 16.4 Å². The van der Waals surface area contributed by atoms with Crippen molar-refractivity contribution in [1.82, 2.24) is 0 Å². The Bertz CT molecular complexity index is 5800. The molecule has 0 aliphatic heterocycles. The molecule has 0 N–H and O–H groups in total. The van der Waals surface area contributed by atoms with Crippen LogP contribution in [0.25, 0.3) is 89.5 Å². The summed E-state index contributed by atoms with van der Waals surface area (Å²) in [5.74, 6) is 0.133. The van der Waals surface area contributed by atoms with Crippen molar-refractivity contribution in [3.8, 4) is 89.5 Å². The Morgan fingerprint density at radius 1 is 0.274 bits per heavy atom. The molecule has 4 nitrogen and oxygen atoms in total. The summed E-state index contributed by atoms with van der Waals surface area (Å²) < 4.78 is 110. The lowest BCUT2D eigenvalue weighted by Gasteiger charge is -2.24. The number of benzene rings is 8. The number of nitrogens with zero attached hydrogens (tertiary/aromatic N) is 4. The molecule has 8 aromatic carbocycles. The molecule has 0 saturated heterocycles. The summed E-state index contributed by atoms with van der Waals surface area (Å²) in [7, 11) is 8.10. The number of aromatic nitrogens is 4. The van der Waals surface area contributed by atoms with Crippen molar-refractivity contribution >= 4 is 0 Å². The van der Waals surface area contributed by atoms with Gasteiger partial charge in [0, 0.05) is 85.2 Å². The molecule has 4 heteroatoms. The first kappa shape index (κ1) is 71.2. The van der Waals surface area contributed by atoms with Gasteiger partial charge in [-0.3, -0.25) is 0 Å². The van der Waals surface area contributed by atoms with Gasteiger partial charge < -0.3 is 0 Å². The second-order valence-corrected chi connectivity index (χ2v) is 36.2. The van der Waals surface area contributed by atoms with E-state index in [9.17, 15) is 0 Å². The number of hydrogen-bond donors (Lipinski definition) is 0. The highest BCUT2D eigenvalue weighted by Gasteiger charge is 2.28. The van der Waals surface area contributed by atoms with Crippen molar-refractivity contribution in [2.45, 2.75) is 211 Å². The van der Waals surface area contributed by atoms with E-state index in [-0.39, 0.29) is 28.2 Å². The van der Waals surface area contributed by atoms with E-state index in [1.165, 1.54) is 89.3 Å². The van der Waals surface area contributed by atoms with Gasteiger partial charge in [0.25, 0.3) is 0 Å². The van der Waals surface area contributed by atoms with Crippen LogP contribution in [0.2, 0.25) is 0 Å². The van der Waals surface area contributed by atoms with Gasteiger partial charge in [0.1, 0.15) is 28.2 Å². The van der Waals surface area contributed by atoms with Crippen LogP contribution >= 0.6 is 0 Å². The van der Waals surface area contributed by atoms with Gasteiger partial charge in [0.2, 0.25) is 22.8 Å². The largest absolute Gasteiger partial charge is 0.212 e. The smallest absolute Gasteiger partial charge is 0.201 e. The van der Waals surface area contributed by atoms with Crippen molar-refractivity contribution < 1.29 is 34.7 Å². The Morgan fingerprint density at radius 2 is 0.549 bits per heavy atom. The van der Waals surface area contributed by atoms with E-state index in [0.29, 0.717) is 45.0 Å². The maximum absolute atomic E-state index is 8.96. The fourth-order valence-corrected chi connectivity index (χ4v) is 15.3. The molecule has 0 unspecified atom stereocenters. The molecule has 12 aromatic rings. The number of aryl methyl sites for hydroxylation is 14. The van der Waals surface area contributed by atoms with E-state index in [0.717, 1.165) is 63.9 Å². The summed E-state index contributed by atoms with van der Waals surface area (Å²) >= 11 is 0. The minimum absolute atomic E-state index is 0.151. The molecule has 0 spiro atoms. The molecule has 0 saturated carbocycles. The first-order valence-corrected chi connectivity index (χ1v) is 40.7. The molecule has 4 aromatic heterocycles. The summed E-state index contributed by atoms with van der Waals surface area (Å²) in [5.41, 5.74) is 32.0. The Balaban J connectivity index is 0.000000190. The Morgan fingerprint density at radius 3 is 0.876 bits per heavy atom. The number of pyridine rings is 4. The Hall–Kier alpha value is -9.64. The normalized spacial score (nSPS) is 13.9. The van der Waals surface area contributed by atoms with Crippen molar-refractivity contribution in [2.75, 3.05) is 0 Å². The van der Waals surface area contributed by atoms with Crippen LogP contribution in [0, 0.1) is 103 Å². The van der Waals surface area contributed by atoms with Gasteiger partial charge in [-0.2, -0.15) is 0 Å². The first-order chi connectivity index (χ1) is 57.8.